The molecule has 4 nitrogen and oxygen atoms in total. The Hall–Kier alpha value is -1.39. The van der Waals surface area contributed by atoms with Gasteiger partial charge in [0, 0.05) is 24.1 Å². The molecule has 1 unspecified atom stereocenters. The quantitative estimate of drug-likeness (QED) is 0.928. The van der Waals surface area contributed by atoms with Crippen LogP contribution < -0.4 is 10.1 Å². The predicted octanol–water partition coefficient (Wildman–Crippen LogP) is 3.93. The van der Waals surface area contributed by atoms with E-state index in [0.717, 1.165) is 29.4 Å². The van der Waals surface area contributed by atoms with Gasteiger partial charge in [0.05, 0.1) is 22.2 Å². The van der Waals surface area contributed by atoms with Crippen LogP contribution in [0.2, 0.25) is 10.0 Å². The second-order valence-corrected chi connectivity index (χ2v) is 5.91. The summed E-state index contributed by atoms with van der Waals surface area (Å²) in [5.41, 5.74) is 2.03. The Morgan fingerprint density at radius 3 is 2.90 bits per heavy atom. The summed E-state index contributed by atoms with van der Waals surface area (Å²) in [5, 5.41) is 4.85. The molecule has 1 aromatic carbocycles. The molecule has 0 radical (unpaired) electrons. The molecule has 2 heterocycles. The number of halogens is 2. The Balaban J connectivity index is 2.24. The highest BCUT2D eigenvalue weighted by molar-refractivity contribution is 6.45. The predicted molar refractivity (Wildman–Crippen MR) is 84.3 cm³/mol. The summed E-state index contributed by atoms with van der Waals surface area (Å²) in [6, 6.07) is 3.78. The van der Waals surface area contributed by atoms with Crippen molar-refractivity contribution in [3.05, 3.63) is 27.9 Å². The highest BCUT2D eigenvalue weighted by atomic mass is 35.5. The maximum Gasteiger partial charge on any atom is 0.218 e. The first-order valence-electron chi connectivity index (χ1n) is 6.94. The van der Waals surface area contributed by atoms with Crippen molar-refractivity contribution < 1.29 is 9.53 Å². The second-order valence-electron chi connectivity index (χ2n) is 5.13. The SMILES string of the molecule is CCOc1cc(Cl)c(Cl)c2cc3n(c12)C(NC(C)=O)CC3. The molecule has 2 aromatic rings. The first-order chi connectivity index (χ1) is 10.0. The molecule has 0 bridgehead atoms. The molecule has 0 spiro atoms. The fourth-order valence-electron chi connectivity index (χ4n) is 2.97. The summed E-state index contributed by atoms with van der Waals surface area (Å²) in [4.78, 5) is 11.4. The van der Waals surface area contributed by atoms with Gasteiger partial charge in [0.1, 0.15) is 11.9 Å². The summed E-state index contributed by atoms with van der Waals surface area (Å²) in [7, 11) is 0. The van der Waals surface area contributed by atoms with E-state index in [9.17, 15) is 4.79 Å². The zero-order chi connectivity index (χ0) is 15.1. The molecule has 1 amide bonds. The van der Waals surface area contributed by atoms with Gasteiger partial charge in [0.25, 0.3) is 0 Å². The number of carbonyl (C=O) groups is 1. The number of benzene rings is 1. The first kappa shape index (κ1) is 14.5. The number of nitrogens with one attached hydrogen (secondary N) is 1. The van der Waals surface area contributed by atoms with E-state index in [-0.39, 0.29) is 12.1 Å². The summed E-state index contributed by atoms with van der Waals surface area (Å²) in [6.45, 7) is 3.99. The van der Waals surface area contributed by atoms with Crippen LogP contribution in [-0.2, 0) is 11.2 Å². The van der Waals surface area contributed by atoms with Gasteiger partial charge in [-0.1, -0.05) is 23.2 Å². The number of hydrogen-bond acceptors (Lipinski definition) is 2. The van der Waals surface area contributed by atoms with Gasteiger partial charge >= 0.3 is 0 Å². The molecule has 3 rings (SSSR count). The van der Waals surface area contributed by atoms with Gasteiger partial charge < -0.3 is 14.6 Å². The van der Waals surface area contributed by atoms with Crippen LogP contribution >= 0.6 is 23.2 Å². The minimum Gasteiger partial charge on any atom is -0.492 e. The van der Waals surface area contributed by atoms with Crippen molar-refractivity contribution in [2.24, 2.45) is 0 Å². The third-order valence-electron chi connectivity index (χ3n) is 3.71. The minimum atomic E-state index is -0.0635. The molecular weight excluding hydrogens is 311 g/mol. The van der Waals surface area contributed by atoms with Gasteiger partial charge in [-0.05, 0) is 25.8 Å². The fraction of sp³-hybridized carbons (Fsp3) is 0.400. The third-order valence-corrected chi connectivity index (χ3v) is 4.51. The zero-order valence-corrected chi connectivity index (χ0v) is 13.4. The minimum absolute atomic E-state index is 0.0484. The highest BCUT2D eigenvalue weighted by Gasteiger charge is 2.28. The lowest BCUT2D eigenvalue weighted by Gasteiger charge is -2.18. The topological polar surface area (TPSA) is 43.3 Å². The number of rotatable bonds is 3. The van der Waals surface area contributed by atoms with E-state index in [1.165, 1.54) is 6.92 Å². The van der Waals surface area contributed by atoms with E-state index in [1.807, 2.05) is 13.0 Å². The number of nitrogens with zero attached hydrogens (tertiary/aromatic N) is 1. The summed E-state index contributed by atoms with van der Waals surface area (Å²) in [5.74, 6) is 0.651. The van der Waals surface area contributed by atoms with Crippen molar-refractivity contribution in [2.45, 2.75) is 32.9 Å². The summed E-state index contributed by atoms with van der Waals surface area (Å²) < 4.78 is 7.82. The van der Waals surface area contributed by atoms with Crippen molar-refractivity contribution in [3.63, 3.8) is 0 Å². The smallest absolute Gasteiger partial charge is 0.218 e. The van der Waals surface area contributed by atoms with Gasteiger partial charge in [-0.25, -0.2) is 0 Å². The summed E-state index contributed by atoms with van der Waals surface area (Å²) in [6.07, 6.45) is 1.70. The normalized spacial score (nSPS) is 17.0. The van der Waals surface area contributed by atoms with Crippen LogP contribution in [0.3, 0.4) is 0 Å². The number of ether oxygens (including phenoxy) is 1. The standard InChI is InChI=1S/C15H16Cl2N2O2/c1-3-21-12-7-11(16)14(17)10-6-9-4-5-13(18-8(2)20)19(9)15(10)12/h6-7,13H,3-5H2,1-2H3,(H,18,20). The molecule has 1 atom stereocenters. The highest BCUT2D eigenvalue weighted by Crippen LogP contribution is 2.43. The largest absolute Gasteiger partial charge is 0.492 e. The van der Waals surface area contributed by atoms with E-state index in [4.69, 9.17) is 27.9 Å². The first-order valence-corrected chi connectivity index (χ1v) is 7.70. The van der Waals surface area contributed by atoms with E-state index < -0.39 is 0 Å². The van der Waals surface area contributed by atoms with Crippen molar-refractivity contribution >= 4 is 40.0 Å². The van der Waals surface area contributed by atoms with Crippen LogP contribution in [0, 0.1) is 0 Å². The van der Waals surface area contributed by atoms with Crippen molar-refractivity contribution in [3.8, 4) is 5.75 Å². The maximum atomic E-state index is 11.4. The van der Waals surface area contributed by atoms with Crippen LogP contribution in [0.4, 0.5) is 0 Å². The Bertz CT molecular complexity index is 724. The fourth-order valence-corrected chi connectivity index (χ4v) is 3.37. The van der Waals surface area contributed by atoms with Crippen LogP contribution in [0.5, 0.6) is 5.75 Å². The molecule has 1 aliphatic heterocycles. The van der Waals surface area contributed by atoms with Crippen molar-refractivity contribution in [1.29, 1.82) is 0 Å². The Morgan fingerprint density at radius 2 is 2.24 bits per heavy atom. The number of carbonyl (C=O) groups excluding carboxylic acids is 1. The average molecular weight is 327 g/mol. The Kier molecular flexibility index (Phi) is 3.76. The molecule has 6 heteroatoms. The van der Waals surface area contributed by atoms with Crippen LogP contribution in [-0.4, -0.2) is 17.1 Å². The van der Waals surface area contributed by atoms with E-state index in [0.29, 0.717) is 22.4 Å². The van der Waals surface area contributed by atoms with E-state index >= 15 is 0 Å². The van der Waals surface area contributed by atoms with Crippen molar-refractivity contribution in [1.82, 2.24) is 9.88 Å². The Labute approximate surface area is 133 Å². The molecule has 0 fully saturated rings. The molecule has 1 aromatic heterocycles. The second kappa shape index (κ2) is 5.43. The van der Waals surface area contributed by atoms with Gasteiger partial charge in [-0.2, -0.15) is 0 Å². The average Bonchev–Trinajstić information content (AvgIpc) is 2.96. The lowest BCUT2D eigenvalue weighted by molar-refractivity contribution is -0.120. The van der Waals surface area contributed by atoms with Crippen LogP contribution in [0.15, 0.2) is 12.1 Å². The van der Waals surface area contributed by atoms with Gasteiger partial charge in [0.2, 0.25) is 5.91 Å². The van der Waals surface area contributed by atoms with Gasteiger partial charge in [-0.3, -0.25) is 4.79 Å². The molecule has 1 aliphatic rings. The molecular formula is C15H16Cl2N2O2. The monoisotopic (exact) mass is 326 g/mol. The maximum absolute atomic E-state index is 11.4. The van der Waals surface area contributed by atoms with Crippen LogP contribution in [0.1, 0.15) is 32.1 Å². The summed E-state index contributed by atoms with van der Waals surface area (Å²) >= 11 is 12.5. The van der Waals surface area contributed by atoms with Crippen LogP contribution in [0.25, 0.3) is 10.9 Å². The number of fused-ring (bicyclic) bond motifs is 3. The molecule has 21 heavy (non-hydrogen) atoms. The van der Waals surface area contributed by atoms with Gasteiger partial charge in [-0.15, -0.1) is 0 Å². The number of amides is 1. The molecule has 0 saturated heterocycles. The third kappa shape index (κ3) is 2.36. The zero-order valence-electron chi connectivity index (χ0n) is 11.9. The lowest BCUT2D eigenvalue weighted by atomic mass is 10.2. The van der Waals surface area contributed by atoms with Gasteiger partial charge in [0.15, 0.2) is 0 Å². The Morgan fingerprint density at radius 1 is 1.48 bits per heavy atom. The number of aryl methyl sites for hydroxylation is 1. The van der Waals surface area contributed by atoms with E-state index in [1.54, 1.807) is 6.07 Å². The van der Waals surface area contributed by atoms with Crippen molar-refractivity contribution in [2.75, 3.05) is 6.61 Å². The molecule has 1 N–H and O–H groups in total. The number of aromatic nitrogens is 1. The number of hydrogen-bond donors (Lipinski definition) is 1. The lowest BCUT2D eigenvalue weighted by Crippen LogP contribution is -2.28. The molecule has 112 valence electrons. The molecule has 0 saturated carbocycles. The van der Waals surface area contributed by atoms with E-state index in [2.05, 4.69) is 9.88 Å². The molecule has 0 aliphatic carbocycles.